The molecule has 1 fully saturated rings. The summed E-state index contributed by atoms with van der Waals surface area (Å²) in [5.74, 6) is 1.50. The number of nitrogens with zero attached hydrogens (tertiary/aromatic N) is 2. The van der Waals surface area contributed by atoms with Crippen LogP contribution in [0.4, 0.5) is 0 Å². The molecule has 1 aliphatic carbocycles. The zero-order valence-corrected chi connectivity index (χ0v) is 12.0. The second-order valence-corrected chi connectivity index (χ2v) is 6.25. The average Bonchev–Trinajstić information content (AvgIpc) is 2.79. The fourth-order valence-corrected chi connectivity index (χ4v) is 3.15. The molecule has 3 heteroatoms. The van der Waals surface area contributed by atoms with Gasteiger partial charge in [-0.15, -0.1) is 0 Å². The van der Waals surface area contributed by atoms with E-state index in [1.54, 1.807) is 0 Å². The molecule has 0 aromatic carbocycles. The van der Waals surface area contributed by atoms with Crippen molar-refractivity contribution in [3.8, 4) is 0 Å². The second-order valence-electron chi connectivity index (χ2n) is 6.25. The Hall–Kier alpha value is -0.830. The van der Waals surface area contributed by atoms with E-state index < -0.39 is 0 Å². The van der Waals surface area contributed by atoms with Gasteiger partial charge in [0, 0.05) is 23.8 Å². The highest BCUT2D eigenvalue weighted by Crippen LogP contribution is 2.40. The molecular formula is C15H27N3. The zero-order valence-electron chi connectivity index (χ0n) is 12.0. The quantitative estimate of drug-likeness (QED) is 0.890. The van der Waals surface area contributed by atoms with Crippen LogP contribution in [0.15, 0.2) is 12.4 Å². The normalized spacial score (nSPS) is 28.8. The standard InChI is InChI=1S/C15H27N3/c1-4-8-18-11-14(10-17-18)15(16)7-5-6-13(9-15)12(2)3/h10-13H,4-9,16H2,1-3H3. The van der Waals surface area contributed by atoms with E-state index in [0.717, 1.165) is 37.6 Å². The van der Waals surface area contributed by atoms with Gasteiger partial charge in [0.05, 0.1) is 6.20 Å². The van der Waals surface area contributed by atoms with Crippen molar-refractivity contribution >= 4 is 0 Å². The molecule has 3 nitrogen and oxygen atoms in total. The van der Waals surface area contributed by atoms with Crippen LogP contribution < -0.4 is 5.73 Å². The van der Waals surface area contributed by atoms with Crippen LogP contribution in [0, 0.1) is 11.8 Å². The summed E-state index contributed by atoms with van der Waals surface area (Å²) in [7, 11) is 0. The van der Waals surface area contributed by atoms with Gasteiger partial charge in [-0.1, -0.05) is 33.6 Å². The Morgan fingerprint density at radius 1 is 1.56 bits per heavy atom. The molecule has 0 amide bonds. The van der Waals surface area contributed by atoms with Crippen LogP contribution in [0.3, 0.4) is 0 Å². The van der Waals surface area contributed by atoms with Crippen LogP contribution in [0.1, 0.15) is 58.4 Å². The molecule has 0 radical (unpaired) electrons. The van der Waals surface area contributed by atoms with E-state index in [1.807, 2.05) is 10.9 Å². The van der Waals surface area contributed by atoms with Crippen molar-refractivity contribution in [1.82, 2.24) is 9.78 Å². The predicted octanol–water partition coefficient (Wildman–Crippen LogP) is 3.29. The van der Waals surface area contributed by atoms with Crippen molar-refractivity contribution in [3.63, 3.8) is 0 Å². The Morgan fingerprint density at radius 2 is 2.33 bits per heavy atom. The van der Waals surface area contributed by atoms with Gasteiger partial charge >= 0.3 is 0 Å². The molecule has 2 unspecified atom stereocenters. The lowest BCUT2D eigenvalue weighted by atomic mass is 9.70. The molecule has 1 aromatic heterocycles. The van der Waals surface area contributed by atoms with Crippen molar-refractivity contribution in [1.29, 1.82) is 0 Å². The summed E-state index contributed by atoms with van der Waals surface area (Å²) in [4.78, 5) is 0. The Labute approximate surface area is 111 Å². The molecule has 1 saturated carbocycles. The van der Waals surface area contributed by atoms with Crippen LogP contribution in [0.5, 0.6) is 0 Å². The lowest BCUT2D eigenvalue weighted by Crippen LogP contribution is -2.42. The SMILES string of the molecule is CCCn1cc(C2(N)CCCC(C(C)C)C2)cn1. The molecule has 2 atom stereocenters. The summed E-state index contributed by atoms with van der Waals surface area (Å²) in [5.41, 5.74) is 7.76. The molecule has 2 N–H and O–H groups in total. The lowest BCUT2D eigenvalue weighted by molar-refractivity contribution is 0.184. The van der Waals surface area contributed by atoms with E-state index in [2.05, 4.69) is 32.1 Å². The van der Waals surface area contributed by atoms with Crippen LogP contribution >= 0.6 is 0 Å². The van der Waals surface area contributed by atoms with E-state index in [9.17, 15) is 0 Å². The minimum absolute atomic E-state index is 0.140. The number of rotatable bonds is 4. The molecule has 18 heavy (non-hydrogen) atoms. The summed E-state index contributed by atoms with van der Waals surface area (Å²) in [6.07, 6.45) is 10.1. The van der Waals surface area contributed by atoms with Crippen molar-refractivity contribution in [2.24, 2.45) is 17.6 Å². The van der Waals surface area contributed by atoms with Crippen LogP contribution in [0.2, 0.25) is 0 Å². The maximum absolute atomic E-state index is 6.66. The smallest absolute Gasteiger partial charge is 0.0540 e. The second kappa shape index (κ2) is 5.43. The first kappa shape index (κ1) is 13.6. The highest BCUT2D eigenvalue weighted by Gasteiger charge is 2.36. The molecule has 102 valence electrons. The van der Waals surface area contributed by atoms with Gasteiger partial charge in [0.25, 0.3) is 0 Å². The summed E-state index contributed by atoms with van der Waals surface area (Å²) < 4.78 is 2.03. The van der Waals surface area contributed by atoms with Crippen LogP contribution in [-0.2, 0) is 12.1 Å². The number of hydrogen-bond acceptors (Lipinski definition) is 2. The molecule has 0 aliphatic heterocycles. The molecule has 1 heterocycles. The summed E-state index contributed by atoms with van der Waals surface area (Å²) in [6.45, 7) is 7.80. The fraction of sp³-hybridized carbons (Fsp3) is 0.800. The van der Waals surface area contributed by atoms with E-state index in [-0.39, 0.29) is 5.54 Å². The van der Waals surface area contributed by atoms with Gasteiger partial charge in [0.2, 0.25) is 0 Å². The minimum Gasteiger partial charge on any atom is -0.321 e. The summed E-state index contributed by atoms with van der Waals surface area (Å²) in [6, 6.07) is 0. The van der Waals surface area contributed by atoms with Gasteiger partial charge in [-0.25, -0.2) is 0 Å². The Morgan fingerprint density at radius 3 is 3.00 bits per heavy atom. The highest BCUT2D eigenvalue weighted by molar-refractivity contribution is 5.19. The summed E-state index contributed by atoms with van der Waals surface area (Å²) in [5, 5.41) is 4.43. The number of nitrogens with two attached hydrogens (primary N) is 1. The number of aryl methyl sites for hydroxylation is 1. The van der Waals surface area contributed by atoms with Gasteiger partial charge in [0.15, 0.2) is 0 Å². The fourth-order valence-electron chi connectivity index (χ4n) is 3.15. The number of hydrogen-bond donors (Lipinski definition) is 1. The first-order chi connectivity index (χ1) is 8.55. The van der Waals surface area contributed by atoms with Gasteiger partial charge in [-0.3, -0.25) is 4.68 Å². The molecule has 2 rings (SSSR count). The Balaban J connectivity index is 2.13. The zero-order chi connectivity index (χ0) is 13.2. The van der Waals surface area contributed by atoms with Gasteiger partial charge < -0.3 is 5.73 Å². The Kier molecular flexibility index (Phi) is 4.10. The molecule has 0 bridgehead atoms. The van der Waals surface area contributed by atoms with Crippen molar-refractivity contribution < 1.29 is 0 Å². The third kappa shape index (κ3) is 2.77. The van der Waals surface area contributed by atoms with Gasteiger partial charge in [0.1, 0.15) is 0 Å². The van der Waals surface area contributed by atoms with E-state index in [4.69, 9.17) is 5.73 Å². The van der Waals surface area contributed by atoms with Crippen molar-refractivity contribution in [3.05, 3.63) is 18.0 Å². The third-order valence-corrected chi connectivity index (χ3v) is 4.43. The molecule has 0 saturated heterocycles. The maximum Gasteiger partial charge on any atom is 0.0540 e. The van der Waals surface area contributed by atoms with E-state index >= 15 is 0 Å². The largest absolute Gasteiger partial charge is 0.321 e. The van der Waals surface area contributed by atoms with Crippen LogP contribution in [0.25, 0.3) is 0 Å². The molecule has 0 spiro atoms. The molecule has 1 aliphatic rings. The van der Waals surface area contributed by atoms with Crippen LogP contribution in [-0.4, -0.2) is 9.78 Å². The van der Waals surface area contributed by atoms with E-state index in [0.29, 0.717) is 0 Å². The van der Waals surface area contributed by atoms with E-state index in [1.165, 1.54) is 18.4 Å². The minimum atomic E-state index is -0.140. The van der Waals surface area contributed by atoms with Crippen molar-refractivity contribution in [2.45, 2.75) is 65.0 Å². The predicted molar refractivity (Wildman–Crippen MR) is 75.2 cm³/mol. The molecule has 1 aromatic rings. The Bertz CT molecular complexity index is 383. The topological polar surface area (TPSA) is 43.8 Å². The maximum atomic E-state index is 6.66. The average molecular weight is 249 g/mol. The monoisotopic (exact) mass is 249 g/mol. The third-order valence-electron chi connectivity index (χ3n) is 4.43. The molecular weight excluding hydrogens is 222 g/mol. The summed E-state index contributed by atoms with van der Waals surface area (Å²) >= 11 is 0. The lowest BCUT2D eigenvalue weighted by Gasteiger charge is -2.39. The van der Waals surface area contributed by atoms with Gasteiger partial charge in [-0.2, -0.15) is 5.10 Å². The highest BCUT2D eigenvalue weighted by atomic mass is 15.3. The van der Waals surface area contributed by atoms with Crippen molar-refractivity contribution in [2.75, 3.05) is 0 Å². The number of aromatic nitrogens is 2. The van der Waals surface area contributed by atoms with Gasteiger partial charge in [-0.05, 0) is 31.1 Å². The first-order valence-electron chi connectivity index (χ1n) is 7.37. The first-order valence-corrected chi connectivity index (χ1v) is 7.37.